The Bertz CT molecular complexity index is 350. The molecule has 0 unspecified atom stereocenters. The topological polar surface area (TPSA) is 89.3 Å². The van der Waals surface area contributed by atoms with Gasteiger partial charge < -0.3 is 5.32 Å². The molecule has 0 aliphatic heterocycles. The Hall–Kier alpha value is -0.880. The van der Waals surface area contributed by atoms with E-state index in [4.69, 9.17) is 5.14 Å². The average molecular weight is 232 g/mol. The number of carbonyl (C=O) groups is 1. The summed E-state index contributed by atoms with van der Waals surface area (Å²) < 4.78 is 22.5. The Morgan fingerprint density at radius 2 is 2.00 bits per heavy atom. The van der Waals surface area contributed by atoms with E-state index in [0.29, 0.717) is 12.8 Å². The normalized spacial score (nSPS) is 27.0. The number of carbonyl (C=O) groups excluding carboxylic acids is 1. The van der Waals surface area contributed by atoms with Crippen LogP contribution in [0.2, 0.25) is 0 Å². The molecule has 0 aromatic heterocycles. The lowest BCUT2D eigenvalue weighted by Crippen LogP contribution is -2.50. The van der Waals surface area contributed by atoms with Crippen LogP contribution in [0, 0.1) is 0 Å². The Balaban J connectivity index is 2.74. The van der Waals surface area contributed by atoms with E-state index in [1.165, 1.54) is 0 Å². The van der Waals surface area contributed by atoms with E-state index in [1.807, 2.05) is 0 Å². The summed E-state index contributed by atoms with van der Waals surface area (Å²) in [7, 11) is -3.58. The zero-order chi connectivity index (χ0) is 11.5. The zero-order valence-corrected chi connectivity index (χ0v) is 9.29. The van der Waals surface area contributed by atoms with Crippen LogP contribution in [0.25, 0.3) is 0 Å². The summed E-state index contributed by atoms with van der Waals surface area (Å²) in [4.78, 5) is 11.1. The summed E-state index contributed by atoms with van der Waals surface area (Å²) in [5.41, 5.74) is 0. The molecule has 0 aromatic carbocycles. The van der Waals surface area contributed by atoms with E-state index >= 15 is 0 Å². The number of hydrogen-bond donors (Lipinski definition) is 2. The van der Waals surface area contributed by atoms with Crippen LogP contribution in [-0.4, -0.2) is 25.6 Å². The molecular weight excluding hydrogens is 216 g/mol. The van der Waals surface area contributed by atoms with Gasteiger partial charge in [-0.05, 0) is 18.9 Å². The van der Waals surface area contributed by atoms with Gasteiger partial charge in [-0.25, -0.2) is 13.6 Å². The Kier molecular flexibility index (Phi) is 3.87. The largest absolute Gasteiger partial charge is 0.348 e. The smallest absolute Gasteiger partial charge is 0.243 e. The SMILES string of the molecule is C=CC(=O)N[C@@H]1CCCC[C@@H]1S(N)(=O)=O. The van der Waals surface area contributed by atoms with Gasteiger partial charge in [0.05, 0.1) is 5.25 Å². The highest BCUT2D eigenvalue weighted by Crippen LogP contribution is 2.22. The number of hydrogen-bond acceptors (Lipinski definition) is 3. The molecule has 0 saturated heterocycles. The number of primary sulfonamides is 1. The lowest BCUT2D eigenvalue weighted by Gasteiger charge is -2.30. The average Bonchev–Trinajstić information content (AvgIpc) is 2.17. The summed E-state index contributed by atoms with van der Waals surface area (Å²) >= 11 is 0. The van der Waals surface area contributed by atoms with Crippen molar-refractivity contribution in [3.63, 3.8) is 0 Å². The minimum Gasteiger partial charge on any atom is -0.348 e. The van der Waals surface area contributed by atoms with Crippen LogP contribution in [-0.2, 0) is 14.8 Å². The van der Waals surface area contributed by atoms with Crippen LogP contribution in [0.3, 0.4) is 0 Å². The summed E-state index contributed by atoms with van der Waals surface area (Å²) in [6.45, 7) is 3.32. The Labute approximate surface area is 89.8 Å². The monoisotopic (exact) mass is 232 g/mol. The van der Waals surface area contributed by atoms with Crippen LogP contribution < -0.4 is 10.5 Å². The second-order valence-electron chi connectivity index (χ2n) is 3.73. The highest BCUT2D eigenvalue weighted by atomic mass is 32.2. The summed E-state index contributed by atoms with van der Waals surface area (Å²) in [6, 6.07) is -0.376. The molecule has 0 spiro atoms. The Morgan fingerprint density at radius 1 is 1.40 bits per heavy atom. The van der Waals surface area contributed by atoms with Crippen molar-refractivity contribution in [3.05, 3.63) is 12.7 Å². The minimum absolute atomic E-state index is 0.351. The van der Waals surface area contributed by atoms with Crippen molar-refractivity contribution in [2.24, 2.45) is 5.14 Å². The molecule has 1 saturated carbocycles. The first-order valence-electron chi connectivity index (χ1n) is 4.89. The van der Waals surface area contributed by atoms with Crippen molar-refractivity contribution in [1.82, 2.24) is 5.32 Å². The molecule has 15 heavy (non-hydrogen) atoms. The zero-order valence-electron chi connectivity index (χ0n) is 8.48. The minimum atomic E-state index is -3.58. The predicted octanol–water partition coefficient (Wildman–Crippen LogP) is -0.112. The molecule has 1 rings (SSSR count). The first-order chi connectivity index (χ1) is 6.95. The second kappa shape index (κ2) is 4.76. The molecule has 0 radical (unpaired) electrons. The number of amides is 1. The molecule has 1 aliphatic carbocycles. The molecule has 2 atom stereocenters. The van der Waals surface area contributed by atoms with Crippen LogP contribution in [0.4, 0.5) is 0 Å². The fourth-order valence-electron chi connectivity index (χ4n) is 1.90. The van der Waals surface area contributed by atoms with Crippen molar-refractivity contribution in [1.29, 1.82) is 0 Å². The van der Waals surface area contributed by atoms with Crippen molar-refractivity contribution in [2.75, 3.05) is 0 Å². The van der Waals surface area contributed by atoms with Gasteiger partial charge in [0.2, 0.25) is 15.9 Å². The first kappa shape index (κ1) is 12.2. The highest BCUT2D eigenvalue weighted by Gasteiger charge is 2.33. The molecule has 6 heteroatoms. The molecule has 86 valence electrons. The Morgan fingerprint density at radius 3 is 2.53 bits per heavy atom. The van der Waals surface area contributed by atoms with Crippen LogP contribution in [0.15, 0.2) is 12.7 Å². The second-order valence-corrected chi connectivity index (χ2v) is 5.51. The maximum absolute atomic E-state index is 11.3. The molecule has 1 amide bonds. The molecule has 0 bridgehead atoms. The summed E-state index contributed by atoms with van der Waals surface area (Å²) in [5.74, 6) is -0.351. The third-order valence-electron chi connectivity index (χ3n) is 2.64. The first-order valence-corrected chi connectivity index (χ1v) is 6.50. The molecule has 0 heterocycles. The maximum Gasteiger partial charge on any atom is 0.243 e. The van der Waals surface area contributed by atoms with Gasteiger partial charge >= 0.3 is 0 Å². The fourth-order valence-corrected chi connectivity index (χ4v) is 3.05. The van der Waals surface area contributed by atoms with Crippen LogP contribution in [0.1, 0.15) is 25.7 Å². The quantitative estimate of drug-likeness (QED) is 0.665. The molecule has 1 aliphatic rings. The van der Waals surface area contributed by atoms with Crippen molar-refractivity contribution in [3.8, 4) is 0 Å². The standard InChI is InChI=1S/C9H16N2O3S/c1-2-9(12)11-7-5-3-4-6-8(7)15(10,13)14/h2,7-8H,1,3-6H2,(H,11,12)(H2,10,13,14)/t7-,8+/m1/s1. The van der Waals surface area contributed by atoms with Crippen LogP contribution >= 0.6 is 0 Å². The predicted molar refractivity (Wildman–Crippen MR) is 57.5 cm³/mol. The molecule has 3 N–H and O–H groups in total. The van der Waals surface area contributed by atoms with Gasteiger partial charge in [-0.15, -0.1) is 0 Å². The molecule has 5 nitrogen and oxygen atoms in total. The van der Waals surface area contributed by atoms with Gasteiger partial charge in [0, 0.05) is 6.04 Å². The van der Waals surface area contributed by atoms with Gasteiger partial charge in [0.15, 0.2) is 0 Å². The summed E-state index contributed by atoms with van der Waals surface area (Å²) in [5, 5.41) is 7.06. The van der Waals surface area contributed by atoms with Gasteiger partial charge in [-0.3, -0.25) is 4.79 Å². The lowest BCUT2D eigenvalue weighted by molar-refractivity contribution is -0.117. The third kappa shape index (κ3) is 3.32. The number of nitrogens with one attached hydrogen (secondary N) is 1. The van der Waals surface area contributed by atoms with E-state index in [9.17, 15) is 13.2 Å². The number of nitrogens with two attached hydrogens (primary N) is 1. The maximum atomic E-state index is 11.3. The van der Waals surface area contributed by atoms with Crippen molar-refractivity contribution >= 4 is 15.9 Å². The lowest BCUT2D eigenvalue weighted by atomic mass is 9.95. The van der Waals surface area contributed by atoms with E-state index in [0.717, 1.165) is 18.9 Å². The van der Waals surface area contributed by atoms with Gasteiger partial charge in [-0.1, -0.05) is 19.4 Å². The number of rotatable bonds is 3. The van der Waals surface area contributed by atoms with Crippen LogP contribution in [0.5, 0.6) is 0 Å². The number of sulfonamides is 1. The van der Waals surface area contributed by atoms with Gasteiger partial charge in [0.25, 0.3) is 0 Å². The van der Waals surface area contributed by atoms with E-state index in [-0.39, 0.29) is 11.9 Å². The van der Waals surface area contributed by atoms with Gasteiger partial charge in [-0.2, -0.15) is 0 Å². The van der Waals surface area contributed by atoms with Crippen molar-refractivity contribution in [2.45, 2.75) is 37.0 Å². The van der Waals surface area contributed by atoms with Crippen molar-refractivity contribution < 1.29 is 13.2 Å². The molecular formula is C9H16N2O3S. The molecule has 1 fully saturated rings. The van der Waals surface area contributed by atoms with E-state index in [1.54, 1.807) is 0 Å². The molecule has 0 aromatic rings. The summed E-state index contributed by atoms with van der Waals surface area (Å²) in [6.07, 6.45) is 4.05. The van der Waals surface area contributed by atoms with E-state index in [2.05, 4.69) is 11.9 Å². The van der Waals surface area contributed by atoms with Gasteiger partial charge in [0.1, 0.15) is 0 Å². The highest BCUT2D eigenvalue weighted by molar-refractivity contribution is 7.89. The fraction of sp³-hybridized carbons (Fsp3) is 0.667. The third-order valence-corrected chi connectivity index (χ3v) is 4.05. The van der Waals surface area contributed by atoms with E-state index < -0.39 is 15.3 Å².